The van der Waals surface area contributed by atoms with E-state index in [2.05, 4.69) is 21.6 Å². The molecule has 0 unspecified atom stereocenters. The fourth-order valence-corrected chi connectivity index (χ4v) is 2.99. The van der Waals surface area contributed by atoms with Crippen molar-refractivity contribution in [2.75, 3.05) is 0 Å². The van der Waals surface area contributed by atoms with Crippen LogP contribution in [0.5, 0.6) is 0 Å². The molecule has 2 aromatic rings. The first-order valence-electron chi connectivity index (χ1n) is 5.89. The summed E-state index contributed by atoms with van der Waals surface area (Å²) in [6.45, 7) is 0. The largest absolute Gasteiger partial charge is 0.339 e. The van der Waals surface area contributed by atoms with Gasteiger partial charge in [0, 0.05) is 0 Å². The number of aromatic nitrogens is 2. The molecule has 0 radical (unpaired) electrons. The third-order valence-corrected chi connectivity index (χ3v) is 4.08. The Balaban J connectivity index is 1.78. The van der Waals surface area contributed by atoms with E-state index in [1.165, 1.54) is 5.56 Å². The first-order valence-corrected chi connectivity index (χ1v) is 6.84. The molecule has 1 fully saturated rings. The first-order chi connectivity index (χ1) is 8.26. The first kappa shape index (κ1) is 10.9. The van der Waals surface area contributed by atoms with Crippen LogP contribution in [0.15, 0.2) is 21.3 Å². The number of rotatable bonds is 3. The highest BCUT2D eigenvalue weighted by Gasteiger charge is 2.35. The molecule has 3 rings (SSSR count). The van der Waals surface area contributed by atoms with E-state index in [9.17, 15) is 0 Å². The Morgan fingerprint density at radius 3 is 2.94 bits per heavy atom. The molecule has 2 heterocycles. The van der Waals surface area contributed by atoms with Crippen LogP contribution in [0.2, 0.25) is 0 Å². The van der Waals surface area contributed by atoms with Gasteiger partial charge in [0.05, 0.1) is 12.0 Å². The Labute approximate surface area is 104 Å². The molecule has 2 aromatic heterocycles. The summed E-state index contributed by atoms with van der Waals surface area (Å²) < 4.78 is 5.28. The third-order valence-electron chi connectivity index (χ3n) is 3.34. The van der Waals surface area contributed by atoms with Crippen LogP contribution in [-0.2, 0) is 12.0 Å². The molecule has 0 aliphatic heterocycles. The average molecular weight is 249 g/mol. The normalized spacial score (nSPS) is 18.6. The SMILES string of the molecule is NC1(c2noc(Cc3ccsc3)n2)CCCC1. The van der Waals surface area contributed by atoms with Gasteiger partial charge in [0.2, 0.25) is 5.89 Å². The van der Waals surface area contributed by atoms with Gasteiger partial charge in [-0.05, 0) is 35.2 Å². The molecule has 1 saturated carbocycles. The number of nitrogens with zero attached hydrogens (tertiary/aromatic N) is 2. The van der Waals surface area contributed by atoms with Crippen molar-refractivity contribution in [3.05, 3.63) is 34.1 Å². The molecular weight excluding hydrogens is 234 g/mol. The van der Waals surface area contributed by atoms with Gasteiger partial charge in [0.15, 0.2) is 5.82 Å². The molecule has 5 heteroatoms. The lowest BCUT2D eigenvalue weighted by Crippen LogP contribution is -2.34. The maximum atomic E-state index is 6.28. The fourth-order valence-electron chi connectivity index (χ4n) is 2.33. The molecule has 0 atom stereocenters. The van der Waals surface area contributed by atoms with Crippen LogP contribution in [0.3, 0.4) is 0 Å². The lowest BCUT2D eigenvalue weighted by atomic mass is 9.99. The van der Waals surface area contributed by atoms with Crippen LogP contribution in [-0.4, -0.2) is 10.1 Å². The van der Waals surface area contributed by atoms with Gasteiger partial charge in [-0.25, -0.2) is 0 Å². The zero-order valence-electron chi connectivity index (χ0n) is 9.56. The van der Waals surface area contributed by atoms with Crippen LogP contribution in [0.25, 0.3) is 0 Å². The summed E-state index contributed by atoms with van der Waals surface area (Å²) in [6.07, 6.45) is 4.94. The van der Waals surface area contributed by atoms with E-state index in [-0.39, 0.29) is 5.54 Å². The van der Waals surface area contributed by atoms with Crippen molar-refractivity contribution in [1.29, 1.82) is 0 Å². The quantitative estimate of drug-likeness (QED) is 0.907. The highest BCUT2D eigenvalue weighted by molar-refractivity contribution is 7.07. The molecule has 90 valence electrons. The van der Waals surface area contributed by atoms with Crippen LogP contribution >= 0.6 is 11.3 Å². The lowest BCUT2D eigenvalue weighted by Gasteiger charge is -2.17. The maximum absolute atomic E-state index is 6.28. The molecule has 0 spiro atoms. The fraction of sp³-hybridized carbons (Fsp3) is 0.500. The molecular formula is C12H15N3OS. The molecule has 1 aliphatic rings. The van der Waals surface area contributed by atoms with Crippen LogP contribution < -0.4 is 5.73 Å². The maximum Gasteiger partial charge on any atom is 0.231 e. The van der Waals surface area contributed by atoms with Crippen molar-refractivity contribution in [3.63, 3.8) is 0 Å². The summed E-state index contributed by atoms with van der Waals surface area (Å²) >= 11 is 1.68. The summed E-state index contributed by atoms with van der Waals surface area (Å²) in [5.74, 6) is 1.34. The minimum absolute atomic E-state index is 0.351. The third kappa shape index (κ3) is 2.12. The number of hydrogen-bond donors (Lipinski definition) is 1. The van der Waals surface area contributed by atoms with Gasteiger partial charge < -0.3 is 10.3 Å². The van der Waals surface area contributed by atoms with E-state index < -0.39 is 0 Å². The van der Waals surface area contributed by atoms with Gasteiger partial charge in [0.1, 0.15) is 0 Å². The van der Waals surface area contributed by atoms with Crippen molar-refractivity contribution in [1.82, 2.24) is 10.1 Å². The topological polar surface area (TPSA) is 64.9 Å². The molecule has 0 aromatic carbocycles. The van der Waals surface area contributed by atoms with Crippen molar-refractivity contribution in [3.8, 4) is 0 Å². The molecule has 0 saturated heterocycles. The summed E-state index contributed by atoms with van der Waals surface area (Å²) in [5.41, 5.74) is 7.14. The van der Waals surface area contributed by atoms with E-state index in [1.807, 2.05) is 5.38 Å². The Hall–Kier alpha value is -1.20. The smallest absolute Gasteiger partial charge is 0.231 e. The van der Waals surface area contributed by atoms with Crippen molar-refractivity contribution in [2.45, 2.75) is 37.6 Å². The highest BCUT2D eigenvalue weighted by Crippen LogP contribution is 2.34. The summed E-state index contributed by atoms with van der Waals surface area (Å²) in [6, 6.07) is 2.07. The van der Waals surface area contributed by atoms with E-state index >= 15 is 0 Å². The number of hydrogen-bond acceptors (Lipinski definition) is 5. The zero-order chi connectivity index (χ0) is 11.7. The van der Waals surface area contributed by atoms with E-state index in [0.717, 1.165) is 25.7 Å². The van der Waals surface area contributed by atoms with Crippen LogP contribution in [0.4, 0.5) is 0 Å². The van der Waals surface area contributed by atoms with E-state index in [4.69, 9.17) is 10.3 Å². The highest BCUT2D eigenvalue weighted by atomic mass is 32.1. The van der Waals surface area contributed by atoms with E-state index in [0.29, 0.717) is 18.1 Å². The summed E-state index contributed by atoms with van der Waals surface area (Å²) in [4.78, 5) is 4.44. The monoisotopic (exact) mass is 249 g/mol. The van der Waals surface area contributed by atoms with Gasteiger partial charge in [-0.1, -0.05) is 18.0 Å². The minimum atomic E-state index is -0.351. The molecule has 4 nitrogen and oxygen atoms in total. The predicted molar refractivity (Wildman–Crippen MR) is 65.8 cm³/mol. The summed E-state index contributed by atoms with van der Waals surface area (Å²) in [7, 11) is 0. The molecule has 2 N–H and O–H groups in total. The van der Waals surface area contributed by atoms with Crippen molar-refractivity contribution < 1.29 is 4.52 Å². The average Bonchev–Trinajstić information content (AvgIpc) is 3.00. The Kier molecular flexibility index (Phi) is 2.72. The lowest BCUT2D eigenvalue weighted by molar-refractivity contribution is 0.352. The second kappa shape index (κ2) is 4.23. The minimum Gasteiger partial charge on any atom is -0.339 e. The van der Waals surface area contributed by atoms with Gasteiger partial charge in [-0.2, -0.15) is 16.3 Å². The molecule has 1 aliphatic carbocycles. The number of thiophene rings is 1. The Morgan fingerprint density at radius 2 is 2.24 bits per heavy atom. The van der Waals surface area contributed by atoms with Gasteiger partial charge >= 0.3 is 0 Å². The van der Waals surface area contributed by atoms with Gasteiger partial charge in [-0.15, -0.1) is 0 Å². The van der Waals surface area contributed by atoms with Gasteiger partial charge in [0.25, 0.3) is 0 Å². The van der Waals surface area contributed by atoms with Gasteiger partial charge in [-0.3, -0.25) is 0 Å². The Morgan fingerprint density at radius 1 is 1.41 bits per heavy atom. The second-order valence-corrected chi connectivity index (χ2v) is 5.46. The molecule has 0 bridgehead atoms. The standard InChI is InChI=1S/C12H15N3OS/c13-12(4-1-2-5-12)11-14-10(16-15-11)7-9-3-6-17-8-9/h3,6,8H,1-2,4-5,7,13H2. The van der Waals surface area contributed by atoms with E-state index in [1.54, 1.807) is 11.3 Å². The Bertz CT molecular complexity index is 486. The predicted octanol–water partition coefficient (Wildman–Crippen LogP) is 2.45. The molecule has 0 amide bonds. The van der Waals surface area contributed by atoms with Crippen molar-refractivity contribution >= 4 is 11.3 Å². The van der Waals surface area contributed by atoms with Crippen molar-refractivity contribution in [2.24, 2.45) is 5.73 Å². The zero-order valence-corrected chi connectivity index (χ0v) is 10.4. The second-order valence-electron chi connectivity index (χ2n) is 4.68. The van der Waals surface area contributed by atoms with Crippen LogP contribution in [0, 0.1) is 0 Å². The summed E-state index contributed by atoms with van der Waals surface area (Å²) in [5, 5.41) is 8.19. The molecule has 17 heavy (non-hydrogen) atoms. The number of nitrogens with two attached hydrogens (primary N) is 1. The van der Waals surface area contributed by atoms with Crippen LogP contribution in [0.1, 0.15) is 43.0 Å².